The fraction of sp³-hybridized carbons (Fsp3) is 0.391. The fourth-order valence-corrected chi connectivity index (χ4v) is 3.53. The second kappa shape index (κ2) is 11.7. The van der Waals surface area contributed by atoms with Crippen LogP contribution in [0, 0.1) is 5.92 Å². The minimum Gasteiger partial charge on any atom is -0.496 e. The summed E-state index contributed by atoms with van der Waals surface area (Å²) < 4.78 is 49.6. The summed E-state index contributed by atoms with van der Waals surface area (Å²) in [4.78, 5) is 30.7. The number of pyridine rings is 2. The molecule has 194 valence electrons. The number of aliphatic carboxylic acids is 1. The number of anilines is 1. The van der Waals surface area contributed by atoms with Crippen molar-refractivity contribution in [2.75, 3.05) is 32.8 Å². The predicted octanol–water partition coefficient (Wildman–Crippen LogP) is 3.60. The van der Waals surface area contributed by atoms with Crippen LogP contribution >= 0.6 is 0 Å². The maximum atomic E-state index is 12.8. The summed E-state index contributed by atoms with van der Waals surface area (Å²) in [6.45, 7) is 1.63. The highest BCUT2D eigenvalue weighted by atomic mass is 19.4. The number of nitrogens with zero attached hydrogens (tertiary/aromatic N) is 3. The number of alkyl halides is 3. The Bertz CT molecular complexity index is 1210. The molecule has 0 saturated carbocycles. The first-order valence-electron chi connectivity index (χ1n) is 10.9. The van der Waals surface area contributed by atoms with E-state index in [4.69, 9.17) is 29.1 Å². The smallest absolute Gasteiger partial charge is 0.490 e. The molecule has 2 N–H and O–H groups in total. The van der Waals surface area contributed by atoms with Gasteiger partial charge in [-0.2, -0.15) is 18.2 Å². The second-order valence-corrected chi connectivity index (χ2v) is 7.84. The van der Waals surface area contributed by atoms with Crippen LogP contribution in [-0.4, -0.2) is 65.0 Å². The Morgan fingerprint density at radius 1 is 1.17 bits per heavy atom. The van der Waals surface area contributed by atoms with Gasteiger partial charge in [0.1, 0.15) is 17.2 Å². The Morgan fingerprint density at radius 3 is 2.47 bits per heavy atom. The maximum absolute atomic E-state index is 12.8. The van der Waals surface area contributed by atoms with Gasteiger partial charge in [-0.3, -0.25) is 4.79 Å². The third kappa shape index (κ3) is 7.07. The number of carboxylic acids is 1. The Kier molecular flexibility index (Phi) is 8.69. The largest absolute Gasteiger partial charge is 0.496 e. The van der Waals surface area contributed by atoms with Gasteiger partial charge in [0.2, 0.25) is 5.88 Å². The number of fused-ring (bicyclic) bond motifs is 1. The number of hydrogen-bond donors (Lipinski definition) is 2. The molecule has 4 heterocycles. The molecule has 3 aromatic heterocycles. The van der Waals surface area contributed by atoms with Crippen LogP contribution in [0.2, 0.25) is 0 Å². The van der Waals surface area contributed by atoms with E-state index < -0.39 is 12.1 Å². The van der Waals surface area contributed by atoms with Crippen LogP contribution in [0.1, 0.15) is 28.9 Å². The van der Waals surface area contributed by atoms with Crippen molar-refractivity contribution in [3.8, 4) is 11.6 Å². The average molecular weight is 510 g/mol. The molecule has 1 amide bonds. The van der Waals surface area contributed by atoms with E-state index in [1.54, 1.807) is 30.5 Å². The summed E-state index contributed by atoms with van der Waals surface area (Å²) in [5.41, 5.74) is 2.16. The molecule has 0 unspecified atom stereocenters. The Labute approximate surface area is 204 Å². The second-order valence-electron chi connectivity index (χ2n) is 7.84. The van der Waals surface area contributed by atoms with Crippen molar-refractivity contribution in [2.24, 2.45) is 5.92 Å². The van der Waals surface area contributed by atoms with E-state index >= 15 is 0 Å². The highest BCUT2D eigenvalue weighted by Crippen LogP contribution is 2.25. The molecule has 13 heteroatoms. The van der Waals surface area contributed by atoms with Gasteiger partial charge in [0.25, 0.3) is 5.91 Å². The summed E-state index contributed by atoms with van der Waals surface area (Å²) in [6, 6.07) is 6.96. The number of halogens is 3. The molecule has 36 heavy (non-hydrogen) atoms. The molecule has 0 bridgehead atoms. The lowest BCUT2D eigenvalue weighted by Crippen LogP contribution is -2.21. The van der Waals surface area contributed by atoms with E-state index in [1.165, 1.54) is 14.2 Å². The maximum Gasteiger partial charge on any atom is 0.490 e. The molecule has 4 rings (SSSR count). The van der Waals surface area contributed by atoms with Gasteiger partial charge < -0.3 is 29.0 Å². The van der Waals surface area contributed by atoms with Gasteiger partial charge in [-0.25, -0.2) is 9.78 Å². The zero-order valence-corrected chi connectivity index (χ0v) is 19.5. The molecule has 0 aliphatic carbocycles. The molecule has 10 nitrogen and oxygen atoms in total. The number of imidazole rings is 1. The van der Waals surface area contributed by atoms with Crippen molar-refractivity contribution in [2.45, 2.75) is 25.4 Å². The normalized spacial score (nSPS) is 14.0. The molecule has 0 radical (unpaired) electrons. The summed E-state index contributed by atoms with van der Waals surface area (Å²) in [5, 5.41) is 9.91. The lowest BCUT2D eigenvalue weighted by Gasteiger charge is -2.20. The van der Waals surface area contributed by atoms with Crippen molar-refractivity contribution in [1.82, 2.24) is 14.4 Å². The highest BCUT2D eigenvalue weighted by Gasteiger charge is 2.38. The van der Waals surface area contributed by atoms with E-state index in [0.29, 0.717) is 28.9 Å². The van der Waals surface area contributed by atoms with Crippen molar-refractivity contribution in [3.63, 3.8) is 0 Å². The fourth-order valence-electron chi connectivity index (χ4n) is 3.53. The van der Waals surface area contributed by atoms with Crippen molar-refractivity contribution < 1.29 is 42.1 Å². The van der Waals surface area contributed by atoms with Crippen LogP contribution < -0.4 is 14.8 Å². The van der Waals surface area contributed by atoms with Gasteiger partial charge >= 0.3 is 12.1 Å². The molecule has 1 aliphatic rings. The monoisotopic (exact) mass is 510 g/mol. The van der Waals surface area contributed by atoms with Gasteiger partial charge in [0.05, 0.1) is 25.5 Å². The quantitative estimate of drug-likeness (QED) is 0.516. The number of hydrogen-bond acceptors (Lipinski definition) is 7. The molecule has 3 aromatic rings. The van der Waals surface area contributed by atoms with Crippen molar-refractivity contribution in [1.29, 1.82) is 0 Å². The van der Waals surface area contributed by atoms with E-state index in [0.717, 1.165) is 43.8 Å². The standard InChI is InChI=1S/C21H24N4O4.C2HF3O2/c1-27-17-11-19-22-15(10-14-6-8-29-9-7-14)12-25(19)13-16(17)21(26)24-18-4-3-5-20(23-18)28-2;3-2(4,5)1(6)7/h3-5,11-14H,6-10H2,1-2H3,(H,23,24,26);(H,6,7). The Hall–Kier alpha value is -3.87. The Morgan fingerprint density at radius 2 is 1.86 bits per heavy atom. The number of nitrogens with one attached hydrogen (secondary N) is 1. The predicted molar refractivity (Wildman–Crippen MR) is 121 cm³/mol. The van der Waals surface area contributed by atoms with Crippen molar-refractivity contribution >= 4 is 23.3 Å². The van der Waals surface area contributed by atoms with E-state index in [2.05, 4.69) is 10.3 Å². The Balaban J connectivity index is 0.000000454. The van der Waals surface area contributed by atoms with Gasteiger partial charge in [-0.15, -0.1) is 0 Å². The molecule has 0 atom stereocenters. The van der Waals surface area contributed by atoms with Crippen molar-refractivity contribution in [3.05, 3.63) is 47.9 Å². The van der Waals surface area contributed by atoms with E-state index in [9.17, 15) is 18.0 Å². The summed E-state index contributed by atoms with van der Waals surface area (Å²) in [7, 11) is 3.07. The number of rotatable bonds is 6. The molecule has 0 spiro atoms. The topological polar surface area (TPSA) is 124 Å². The number of carbonyl (C=O) groups is 2. The molecule has 0 aromatic carbocycles. The lowest BCUT2D eigenvalue weighted by atomic mass is 9.95. The number of methoxy groups -OCH3 is 2. The van der Waals surface area contributed by atoms with Gasteiger partial charge in [-0.05, 0) is 31.2 Å². The minimum atomic E-state index is -5.08. The molecule has 1 fully saturated rings. The summed E-state index contributed by atoms with van der Waals surface area (Å²) in [6.07, 6.45) is 1.65. The lowest BCUT2D eigenvalue weighted by molar-refractivity contribution is -0.192. The molecule has 1 aliphatic heterocycles. The van der Waals surface area contributed by atoms with Crippen LogP contribution in [-0.2, 0) is 16.0 Å². The van der Waals surface area contributed by atoms with Crippen LogP contribution in [0.5, 0.6) is 11.6 Å². The van der Waals surface area contributed by atoms with E-state index in [1.807, 2.05) is 10.6 Å². The zero-order chi connectivity index (χ0) is 26.3. The number of ether oxygens (including phenoxy) is 3. The van der Waals surface area contributed by atoms with Crippen LogP contribution in [0.4, 0.5) is 19.0 Å². The molecular formula is C23H25F3N4O6. The number of aromatic nitrogens is 3. The van der Waals surface area contributed by atoms with E-state index in [-0.39, 0.29) is 5.91 Å². The SMILES string of the molecule is COc1cccc(NC(=O)c2cn3cc(CC4CCOCC4)nc3cc2OC)n1.O=C(O)C(F)(F)F. The third-order valence-electron chi connectivity index (χ3n) is 5.32. The zero-order valence-electron chi connectivity index (χ0n) is 19.5. The molecular weight excluding hydrogens is 485 g/mol. The summed E-state index contributed by atoms with van der Waals surface area (Å²) in [5.74, 6) is -1.20. The van der Waals surface area contributed by atoms with Gasteiger partial charge in [0.15, 0.2) is 0 Å². The van der Waals surface area contributed by atoms with Crippen LogP contribution in [0.25, 0.3) is 5.65 Å². The highest BCUT2D eigenvalue weighted by molar-refractivity contribution is 6.05. The van der Waals surface area contributed by atoms with Crippen LogP contribution in [0.3, 0.4) is 0 Å². The average Bonchev–Trinajstić information content (AvgIpc) is 3.24. The third-order valence-corrected chi connectivity index (χ3v) is 5.32. The molecule has 1 saturated heterocycles. The minimum absolute atomic E-state index is 0.316. The number of carbonyl (C=O) groups excluding carboxylic acids is 1. The first kappa shape index (κ1) is 26.7. The first-order valence-corrected chi connectivity index (χ1v) is 10.9. The number of amides is 1. The number of carboxylic acid groups (broad SMARTS) is 1. The summed E-state index contributed by atoms with van der Waals surface area (Å²) >= 11 is 0. The van der Waals surface area contributed by atoms with Crippen LogP contribution in [0.15, 0.2) is 36.7 Å². The van der Waals surface area contributed by atoms with Gasteiger partial charge in [0, 0.05) is 37.7 Å². The van der Waals surface area contributed by atoms with Gasteiger partial charge in [-0.1, -0.05) is 6.07 Å². The first-order chi connectivity index (χ1) is 17.1.